The molecule has 11 heteroatoms. The van der Waals surface area contributed by atoms with Crippen LogP contribution in [0.4, 0.5) is 28.0 Å². The highest BCUT2D eigenvalue weighted by Crippen LogP contribution is 2.40. The van der Waals surface area contributed by atoms with Crippen LogP contribution in [-0.4, -0.2) is 47.4 Å². The summed E-state index contributed by atoms with van der Waals surface area (Å²) >= 11 is 2.93. The second kappa shape index (κ2) is 7.81. The van der Waals surface area contributed by atoms with E-state index >= 15 is 0 Å². The van der Waals surface area contributed by atoms with Crippen molar-refractivity contribution in [1.29, 1.82) is 0 Å². The molecule has 1 aliphatic heterocycles. The highest BCUT2D eigenvalue weighted by Gasteiger charge is 2.53. The lowest BCUT2D eigenvalue weighted by molar-refractivity contribution is -0.138. The zero-order chi connectivity index (χ0) is 22.5. The van der Waals surface area contributed by atoms with Gasteiger partial charge in [0.2, 0.25) is 5.67 Å². The zero-order valence-corrected chi connectivity index (χ0v) is 19.3. The summed E-state index contributed by atoms with van der Waals surface area (Å²) in [6.07, 6.45) is -6.16. The van der Waals surface area contributed by atoms with Gasteiger partial charge < -0.3 is 15.0 Å². The number of nitrogens with one attached hydrogen (secondary N) is 1. The number of anilines is 1. The van der Waals surface area contributed by atoms with Crippen molar-refractivity contribution in [1.82, 2.24) is 4.90 Å². The summed E-state index contributed by atoms with van der Waals surface area (Å²) in [6, 6.07) is 4.57. The number of nitrogens with zero attached hydrogens (tertiary/aromatic N) is 1. The van der Waals surface area contributed by atoms with Crippen LogP contribution in [-0.2, 0) is 16.0 Å². The smallest absolute Gasteiger partial charge is 0.410 e. The minimum absolute atomic E-state index is 0.133. The second-order valence-corrected chi connectivity index (χ2v) is 10.9. The van der Waals surface area contributed by atoms with E-state index in [0.29, 0.717) is 13.0 Å². The Morgan fingerprint density at radius 2 is 1.90 bits per heavy atom. The van der Waals surface area contributed by atoms with E-state index in [0.717, 1.165) is 16.2 Å². The van der Waals surface area contributed by atoms with Crippen LogP contribution >= 0.6 is 33.9 Å². The third kappa shape index (κ3) is 4.98. The summed E-state index contributed by atoms with van der Waals surface area (Å²) in [4.78, 5) is 25.5. The number of ether oxygens (including phenoxy) is 1. The Morgan fingerprint density at radius 1 is 1.27 bits per heavy atom. The minimum atomic E-state index is -4.37. The molecule has 1 fully saturated rings. The van der Waals surface area contributed by atoms with Crippen molar-refractivity contribution < 1.29 is 31.9 Å². The summed E-state index contributed by atoms with van der Waals surface area (Å²) in [5, 5.41) is 2.84. The maximum Gasteiger partial charge on any atom is 0.410 e. The van der Waals surface area contributed by atoms with Crippen molar-refractivity contribution >= 4 is 61.7 Å². The third-order valence-electron chi connectivity index (χ3n) is 4.34. The van der Waals surface area contributed by atoms with Gasteiger partial charge in [0.1, 0.15) is 5.60 Å². The third-order valence-corrected chi connectivity index (χ3v) is 6.72. The first-order valence-electron chi connectivity index (χ1n) is 8.93. The van der Waals surface area contributed by atoms with Crippen LogP contribution in [0.5, 0.6) is 0 Å². The molecular formula is C19H19F4IN2O3S. The van der Waals surface area contributed by atoms with Gasteiger partial charge in [-0.25, -0.2) is 9.18 Å². The molecule has 1 aromatic carbocycles. The molecule has 1 N–H and O–H groups in total. The fourth-order valence-electron chi connectivity index (χ4n) is 3.00. The predicted octanol–water partition coefficient (Wildman–Crippen LogP) is 5.51. The largest absolute Gasteiger partial charge is 0.444 e. The van der Waals surface area contributed by atoms with Crippen LogP contribution in [0.1, 0.15) is 26.3 Å². The number of thiophene rings is 1. The van der Waals surface area contributed by atoms with Gasteiger partial charge in [0.05, 0.1) is 32.8 Å². The zero-order valence-electron chi connectivity index (χ0n) is 16.3. The summed E-state index contributed by atoms with van der Waals surface area (Å²) in [6.45, 7) is 4.12. The number of halogens is 5. The normalized spacial score (nSPS) is 16.3. The molecule has 5 nitrogen and oxygen atoms in total. The topological polar surface area (TPSA) is 58.6 Å². The van der Waals surface area contributed by atoms with Crippen LogP contribution in [0.2, 0.25) is 0 Å². The molecule has 2 amide bonds. The monoisotopic (exact) mass is 558 g/mol. The number of benzene rings is 1. The number of rotatable bonds is 3. The quantitative estimate of drug-likeness (QED) is 0.400. The van der Waals surface area contributed by atoms with E-state index in [2.05, 4.69) is 5.32 Å². The van der Waals surface area contributed by atoms with Crippen LogP contribution in [0.15, 0.2) is 18.2 Å². The van der Waals surface area contributed by atoms with Gasteiger partial charge in [0.15, 0.2) is 0 Å². The molecule has 1 aliphatic rings. The average molecular weight is 558 g/mol. The Labute approximate surface area is 187 Å². The molecule has 1 saturated heterocycles. The molecule has 0 unspecified atom stereocenters. The van der Waals surface area contributed by atoms with E-state index in [1.807, 2.05) is 22.6 Å². The van der Waals surface area contributed by atoms with Crippen molar-refractivity contribution in [2.24, 2.45) is 0 Å². The molecule has 0 bridgehead atoms. The molecule has 0 spiro atoms. The molecule has 164 valence electrons. The molecule has 0 aliphatic carbocycles. The maximum atomic E-state index is 14.9. The number of carbonyl (C=O) groups is 2. The highest BCUT2D eigenvalue weighted by atomic mass is 127. The summed E-state index contributed by atoms with van der Waals surface area (Å²) in [5.41, 5.74) is -2.66. The van der Waals surface area contributed by atoms with E-state index in [1.54, 1.807) is 26.8 Å². The Kier molecular flexibility index (Phi) is 6.00. The standard InChI is InChI=1S/C19H19F4IN2O3S/c1-17(2,3)29-16(28)26-8-18(20,9-26)15(27)25-12-6-4-5-10-11(7-19(21,22)23)14(24)30-13(10)12/h4-6H,7-9H2,1-3H3,(H,25,27). The van der Waals surface area contributed by atoms with E-state index < -0.39 is 49.0 Å². The van der Waals surface area contributed by atoms with E-state index in [4.69, 9.17) is 4.74 Å². The lowest BCUT2D eigenvalue weighted by Crippen LogP contribution is -2.66. The number of likely N-dealkylation sites (tertiary alicyclic amines) is 1. The van der Waals surface area contributed by atoms with Crippen molar-refractivity contribution in [3.05, 3.63) is 26.6 Å². The van der Waals surface area contributed by atoms with Gasteiger partial charge in [-0.05, 0) is 60.4 Å². The average Bonchev–Trinajstić information content (AvgIpc) is 2.85. The predicted molar refractivity (Wildman–Crippen MR) is 115 cm³/mol. The van der Waals surface area contributed by atoms with Gasteiger partial charge >= 0.3 is 12.3 Å². The number of hydrogen-bond donors (Lipinski definition) is 1. The maximum absolute atomic E-state index is 14.9. The summed E-state index contributed by atoms with van der Waals surface area (Å²) in [5.74, 6) is -0.949. The van der Waals surface area contributed by atoms with Gasteiger partial charge in [0.25, 0.3) is 5.91 Å². The number of alkyl halides is 4. The van der Waals surface area contributed by atoms with E-state index in [-0.39, 0.29) is 11.3 Å². The van der Waals surface area contributed by atoms with Gasteiger partial charge in [-0.2, -0.15) is 13.2 Å². The molecule has 2 heterocycles. The molecular weight excluding hydrogens is 539 g/mol. The van der Waals surface area contributed by atoms with Crippen LogP contribution in [0, 0.1) is 2.88 Å². The van der Waals surface area contributed by atoms with Gasteiger partial charge in [-0.1, -0.05) is 12.1 Å². The first-order chi connectivity index (χ1) is 13.7. The van der Waals surface area contributed by atoms with Crippen LogP contribution < -0.4 is 5.32 Å². The molecule has 0 radical (unpaired) electrons. The Bertz CT molecular complexity index is 994. The number of amides is 2. The lowest BCUT2D eigenvalue weighted by Gasteiger charge is -2.43. The van der Waals surface area contributed by atoms with E-state index in [9.17, 15) is 27.2 Å². The van der Waals surface area contributed by atoms with E-state index in [1.165, 1.54) is 12.1 Å². The van der Waals surface area contributed by atoms with Gasteiger partial charge in [-0.3, -0.25) is 4.79 Å². The lowest BCUT2D eigenvalue weighted by atomic mass is 9.95. The van der Waals surface area contributed by atoms with Gasteiger partial charge in [-0.15, -0.1) is 11.3 Å². The second-order valence-electron chi connectivity index (χ2n) is 8.08. The molecule has 1 aromatic heterocycles. The fourth-order valence-corrected chi connectivity index (χ4v) is 5.15. The highest BCUT2D eigenvalue weighted by molar-refractivity contribution is 14.1. The summed E-state index contributed by atoms with van der Waals surface area (Å²) in [7, 11) is 0. The Morgan fingerprint density at radius 3 is 2.47 bits per heavy atom. The fraction of sp³-hybridized carbons (Fsp3) is 0.474. The van der Waals surface area contributed by atoms with Crippen molar-refractivity contribution in [2.45, 2.75) is 44.6 Å². The van der Waals surface area contributed by atoms with Crippen molar-refractivity contribution in [3.63, 3.8) is 0 Å². The number of carbonyl (C=O) groups excluding carboxylic acids is 2. The van der Waals surface area contributed by atoms with Gasteiger partial charge in [0, 0.05) is 0 Å². The van der Waals surface area contributed by atoms with Crippen molar-refractivity contribution in [3.8, 4) is 0 Å². The van der Waals surface area contributed by atoms with Crippen LogP contribution in [0.25, 0.3) is 10.1 Å². The SMILES string of the molecule is CC(C)(C)OC(=O)N1CC(F)(C(=O)Nc2cccc3c(CC(F)(F)F)c(I)sc23)C1. The molecule has 3 rings (SSSR count). The molecule has 30 heavy (non-hydrogen) atoms. The molecule has 0 saturated carbocycles. The summed E-state index contributed by atoms with van der Waals surface area (Å²) < 4.78 is 59.6. The first kappa shape index (κ1) is 23.0. The van der Waals surface area contributed by atoms with Crippen molar-refractivity contribution in [2.75, 3.05) is 18.4 Å². The Hall–Kier alpha value is -1.63. The molecule has 0 atom stereocenters. The first-order valence-corrected chi connectivity index (χ1v) is 10.8. The number of hydrogen-bond acceptors (Lipinski definition) is 4. The molecule has 2 aromatic rings. The number of fused-ring (bicyclic) bond motifs is 1. The Balaban J connectivity index is 1.75. The van der Waals surface area contributed by atoms with Crippen LogP contribution in [0.3, 0.4) is 0 Å². The minimum Gasteiger partial charge on any atom is -0.444 e.